The van der Waals surface area contributed by atoms with Crippen molar-refractivity contribution in [3.8, 4) is 0 Å². The van der Waals surface area contributed by atoms with Crippen molar-refractivity contribution in [1.82, 2.24) is 0 Å². The molecule has 0 aliphatic rings. The second-order valence-electron chi connectivity index (χ2n) is 4.63. The molecule has 0 fully saturated rings. The van der Waals surface area contributed by atoms with Crippen LogP contribution in [0.3, 0.4) is 0 Å². The standard InChI is InChI=1S/C8H20GeO2/c1-7(2,3)10-9-11-8(4,5)6/h9H2,1-6H3. The van der Waals surface area contributed by atoms with Gasteiger partial charge in [0.15, 0.2) is 0 Å². The van der Waals surface area contributed by atoms with Gasteiger partial charge in [0.25, 0.3) is 0 Å². The molecule has 0 amide bonds. The Kier molecular flexibility index (Phi) is 4.08. The molecule has 0 aromatic heterocycles. The fourth-order valence-electron chi connectivity index (χ4n) is 0.383. The van der Waals surface area contributed by atoms with Crippen LogP contribution in [0.25, 0.3) is 0 Å². The predicted octanol–water partition coefficient (Wildman–Crippen LogP) is 1.62. The molecule has 0 unspecified atom stereocenters. The number of rotatable bonds is 2. The van der Waals surface area contributed by atoms with Crippen molar-refractivity contribution >= 4 is 16.1 Å². The van der Waals surface area contributed by atoms with E-state index >= 15 is 0 Å². The van der Waals surface area contributed by atoms with E-state index in [1.165, 1.54) is 0 Å². The van der Waals surface area contributed by atoms with Crippen molar-refractivity contribution in [2.45, 2.75) is 52.7 Å². The van der Waals surface area contributed by atoms with Gasteiger partial charge in [-0.15, -0.1) is 0 Å². The molecule has 0 saturated carbocycles. The SMILES string of the molecule is CC(C)(C)[O][GeH2][O]C(C)(C)C. The van der Waals surface area contributed by atoms with E-state index in [1.54, 1.807) is 0 Å². The summed E-state index contributed by atoms with van der Waals surface area (Å²) in [4.78, 5) is 0. The molecule has 11 heavy (non-hydrogen) atoms. The summed E-state index contributed by atoms with van der Waals surface area (Å²) in [5.74, 6) is 0. The second kappa shape index (κ2) is 3.92. The van der Waals surface area contributed by atoms with Crippen LogP contribution in [0.2, 0.25) is 0 Å². The van der Waals surface area contributed by atoms with E-state index in [9.17, 15) is 0 Å². The van der Waals surface area contributed by atoms with Crippen LogP contribution < -0.4 is 0 Å². The Balaban J connectivity index is 3.44. The van der Waals surface area contributed by atoms with E-state index in [2.05, 4.69) is 41.5 Å². The van der Waals surface area contributed by atoms with Crippen LogP contribution in [0, 0.1) is 0 Å². The Labute approximate surface area is 76.8 Å². The van der Waals surface area contributed by atoms with E-state index in [0.717, 1.165) is 0 Å². The predicted molar refractivity (Wildman–Crippen MR) is 50.2 cm³/mol. The van der Waals surface area contributed by atoms with E-state index in [0.29, 0.717) is 0 Å². The Morgan fingerprint density at radius 1 is 0.727 bits per heavy atom. The average Bonchev–Trinajstić information content (AvgIpc) is 1.55. The minimum atomic E-state index is -1.20. The summed E-state index contributed by atoms with van der Waals surface area (Å²) in [5, 5.41) is 0. The molecule has 0 radical (unpaired) electrons. The monoisotopic (exact) mass is 222 g/mol. The maximum absolute atomic E-state index is 5.57. The molecule has 3 heteroatoms. The molecule has 0 aliphatic carbocycles. The molecular formula is C8H20GeO2. The molecule has 0 bridgehead atoms. The third-order valence-electron chi connectivity index (χ3n) is 0.984. The summed E-state index contributed by atoms with van der Waals surface area (Å²) in [5.41, 5.74) is -0.0451. The second-order valence-corrected chi connectivity index (χ2v) is 6.34. The fraction of sp³-hybridized carbons (Fsp3) is 1.00. The van der Waals surface area contributed by atoms with E-state index < -0.39 is 16.1 Å². The topological polar surface area (TPSA) is 18.5 Å². The van der Waals surface area contributed by atoms with Gasteiger partial charge in [0.2, 0.25) is 0 Å². The van der Waals surface area contributed by atoms with Crippen LogP contribution in [0.15, 0.2) is 0 Å². The van der Waals surface area contributed by atoms with Crippen molar-refractivity contribution in [2.75, 3.05) is 0 Å². The van der Waals surface area contributed by atoms with Crippen LogP contribution in [0.5, 0.6) is 0 Å². The molecule has 2 nitrogen and oxygen atoms in total. The van der Waals surface area contributed by atoms with Crippen LogP contribution >= 0.6 is 0 Å². The third-order valence-corrected chi connectivity index (χ3v) is 5.11. The molecule has 68 valence electrons. The number of hydrogen-bond donors (Lipinski definition) is 0. The minimum absolute atomic E-state index is 0.0226. The van der Waals surface area contributed by atoms with Crippen LogP contribution in [0.4, 0.5) is 0 Å². The van der Waals surface area contributed by atoms with Crippen molar-refractivity contribution in [3.63, 3.8) is 0 Å². The van der Waals surface area contributed by atoms with Gasteiger partial charge in [-0.3, -0.25) is 0 Å². The van der Waals surface area contributed by atoms with E-state index in [-0.39, 0.29) is 11.2 Å². The van der Waals surface area contributed by atoms with Gasteiger partial charge in [0.1, 0.15) is 0 Å². The zero-order chi connectivity index (χ0) is 9.12. The summed E-state index contributed by atoms with van der Waals surface area (Å²) >= 11 is -1.20. The Morgan fingerprint density at radius 2 is 1.00 bits per heavy atom. The first-order chi connectivity index (χ1) is 4.71. The van der Waals surface area contributed by atoms with Gasteiger partial charge >= 0.3 is 76.4 Å². The third kappa shape index (κ3) is 10.5. The van der Waals surface area contributed by atoms with Gasteiger partial charge in [-0.25, -0.2) is 0 Å². The summed E-state index contributed by atoms with van der Waals surface area (Å²) in [6, 6.07) is 0. The molecule has 0 aromatic carbocycles. The van der Waals surface area contributed by atoms with Crippen molar-refractivity contribution < 1.29 is 7.53 Å². The average molecular weight is 221 g/mol. The summed E-state index contributed by atoms with van der Waals surface area (Å²) in [6.07, 6.45) is 0. The van der Waals surface area contributed by atoms with Gasteiger partial charge in [0.05, 0.1) is 0 Å². The van der Waals surface area contributed by atoms with E-state index in [4.69, 9.17) is 7.53 Å². The van der Waals surface area contributed by atoms with Gasteiger partial charge in [0, 0.05) is 0 Å². The van der Waals surface area contributed by atoms with Crippen LogP contribution in [-0.2, 0) is 7.53 Å². The molecular weight excluding hydrogens is 201 g/mol. The molecule has 0 aromatic rings. The van der Waals surface area contributed by atoms with Crippen molar-refractivity contribution in [1.29, 1.82) is 0 Å². The first-order valence-corrected chi connectivity index (χ1v) is 6.41. The van der Waals surface area contributed by atoms with E-state index in [1.807, 2.05) is 0 Å². The zero-order valence-electron chi connectivity index (χ0n) is 8.52. The van der Waals surface area contributed by atoms with Crippen molar-refractivity contribution in [3.05, 3.63) is 0 Å². The Hall–Kier alpha value is 0.463. The molecule has 0 heterocycles. The summed E-state index contributed by atoms with van der Waals surface area (Å²) in [7, 11) is 0. The quantitative estimate of drug-likeness (QED) is 0.659. The molecule has 0 rings (SSSR count). The molecule has 0 aliphatic heterocycles. The summed E-state index contributed by atoms with van der Waals surface area (Å²) < 4.78 is 11.1. The molecule has 0 atom stereocenters. The molecule has 0 N–H and O–H groups in total. The van der Waals surface area contributed by atoms with Gasteiger partial charge in [-0.1, -0.05) is 0 Å². The first-order valence-electron chi connectivity index (χ1n) is 3.99. The van der Waals surface area contributed by atoms with Gasteiger partial charge in [-0.2, -0.15) is 0 Å². The van der Waals surface area contributed by atoms with Gasteiger partial charge in [-0.05, 0) is 0 Å². The first kappa shape index (κ1) is 11.5. The number of hydrogen-bond acceptors (Lipinski definition) is 2. The Morgan fingerprint density at radius 3 is 1.18 bits per heavy atom. The Bertz CT molecular complexity index is 96.2. The van der Waals surface area contributed by atoms with Crippen LogP contribution in [-0.4, -0.2) is 27.3 Å². The van der Waals surface area contributed by atoms with Gasteiger partial charge < -0.3 is 0 Å². The maximum atomic E-state index is 5.57. The van der Waals surface area contributed by atoms with Crippen LogP contribution in [0.1, 0.15) is 41.5 Å². The zero-order valence-corrected chi connectivity index (χ0v) is 11.5. The molecule has 0 spiro atoms. The molecule has 0 saturated heterocycles. The normalized spacial score (nSPS) is 13.6. The van der Waals surface area contributed by atoms with Crippen molar-refractivity contribution in [2.24, 2.45) is 0 Å². The fourth-order valence-corrected chi connectivity index (χ4v) is 1.99. The summed E-state index contributed by atoms with van der Waals surface area (Å²) in [6.45, 7) is 12.4.